The van der Waals surface area contributed by atoms with Crippen molar-refractivity contribution in [3.63, 3.8) is 0 Å². The molecule has 1 N–H and O–H groups in total. The first-order chi connectivity index (χ1) is 14.9. The zero-order chi connectivity index (χ0) is 22.5. The molecule has 3 aromatic rings. The number of phenolic OH excluding ortho intramolecular Hbond substituents is 1. The summed E-state index contributed by atoms with van der Waals surface area (Å²) >= 11 is 0. The highest BCUT2D eigenvalue weighted by Crippen LogP contribution is 2.31. The monoisotopic (exact) mass is 425 g/mol. The number of aryl methyl sites for hydroxylation is 1. The van der Waals surface area contributed by atoms with Gasteiger partial charge in [-0.2, -0.15) is 0 Å². The summed E-state index contributed by atoms with van der Waals surface area (Å²) < 4.78 is 16.7. The van der Waals surface area contributed by atoms with E-state index in [2.05, 4.69) is 4.90 Å². The van der Waals surface area contributed by atoms with Crippen LogP contribution in [0.5, 0.6) is 17.2 Å². The van der Waals surface area contributed by atoms with Crippen molar-refractivity contribution >= 4 is 16.9 Å². The maximum Gasteiger partial charge on any atom is 0.338 e. The lowest BCUT2D eigenvalue weighted by Gasteiger charge is -2.19. The van der Waals surface area contributed by atoms with Gasteiger partial charge in [0.1, 0.15) is 22.8 Å². The summed E-state index contributed by atoms with van der Waals surface area (Å²) in [4.78, 5) is 27.1. The van der Waals surface area contributed by atoms with Gasteiger partial charge < -0.3 is 19.0 Å². The number of carbonyl (C=O) groups is 1. The van der Waals surface area contributed by atoms with E-state index in [4.69, 9.17) is 13.9 Å². The third kappa shape index (κ3) is 4.72. The Morgan fingerprint density at radius 1 is 1.06 bits per heavy atom. The summed E-state index contributed by atoms with van der Waals surface area (Å²) in [6.45, 7) is 9.82. The molecule has 2 aromatic carbocycles. The van der Waals surface area contributed by atoms with Crippen LogP contribution in [-0.4, -0.2) is 35.7 Å². The molecular formula is C24H27NO6. The minimum Gasteiger partial charge on any atom is -0.507 e. The highest BCUT2D eigenvalue weighted by Gasteiger charge is 2.19. The Bertz CT molecular complexity index is 1130. The van der Waals surface area contributed by atoms with Gasteiger partial charge in [-0.05, 0) is 63.3 Å². The van der Waals surface area contributed by atoms with E-state index in [1.54, 1.807) is 44.2 Å². The number of fused-ring (bicyclic) bond motifs is 1. The van der Waals surface area contributed by atoms with Crippen molar-refractivity contribution in [3.8, 4) is 17.2 Å². The Hall–Kier alpha value is -3.32. The molecule has 0 aliphatic heterocycles. The van der Waals surface area contributed by atoms with E-state index in [0.29, 0.717) is 46.8 Å². The van der Waals surface area contributed by atoms with Crippen LogP contribution in [0.25, 0.3) is 11.0 Å². The Labute approximate surface area is 180 Å². The van der Waals surface area contributed by atoms with Gasteiger partial charge in [0.25, 0.3) is 0 Å². The number of carbonyl (C=O) groups excluding carboxylic acids is 1. The van der Waals surface area contributed by atoms with Crippen molar-refractivity contribution in [1.29, 1.82) is 0 Å². The smallest absolute Gasteiger partial charge is 0.338 e. The third-order valence-electron chi connectivity index (χ3n) is 5.12. The van der Waals surface area contributed by atoms with E-state index in [9.17, 15) is 14.7 Å². The molecule has 31 heavy (non-hydrogen) atoms. The van der Waals surface area contributed by atoms with Crippen LogP contribution in [-0.2, 0) is 11.3 Å². The molecule has 3 rings (SSSR count). The summed E-state index contributed by atoms with van der Waals surface area (Å²) in [6.07, 6.45) is 0. The van der Waals surface area contributed by atoms with E-state index < -0.39 is 5.97 Å². The molecule has 0 fully saturated rings. The Kier molecular flexibility index (Phi) is 6.97. The molecule has 0 bridgehead atoms. The first kappa shape index (κ1) is 22.4. The number of ether oxygens (including phenoxy) is 2. The molecule has 0 atom stereocenters. The van der Waals surface area contributed by atoms with Gasteiger partial charge in [0.15, 0.2) is 0 Å². The van der Waals surface area contributed by atoms with E-state index in [0.717, 1.165) is 13.1 Å². The summed E-state index contributed by atoms with van der Waals surface area (Å²) in [5.41, 5.74) is 1.01. The van der Waals surface area contributed by atoms with Crippen molar-refractivity contribution in [2.45, 2.75) is 34.2 Å². The second-order valence-electron chi connectivity index (χ2n) is 7.06. The Morgan fingerprint density at radius 2 is 1.74 bits per heavy atom. The van der Waals surface area contributed by atoms with Gasteiger partial charge in [0, 0.05) is 6.54 Å². The molecule has 1 heterocycles. The van der Waals surface area contributed by atoms with Crippen LogP contribution in [0.4, 0.5) is 0 Å². The largest absolute Gasteiger partial charge is 0.507 e. The fourth-order valence-corrected chi connectivity index (χ4v) is 3.33. The van der Waals surface area contributed by atoms with Gasteiger partial charge in [-0.3, -0.25) is 9.69 Å². The maximum atomic E-state index is 13.1. The fourth-order valence-electron chi connectivity index (χ4n) is 3.33. The molecule has 164 valence electrons. The van der Waals surface area contributed by atoms with Gasteiger partial charge in [0.2, 0.25) is 11.2 Å². The number of aromatic hydroxyl groups is 1. The number of rotatable bonds is 8. The molecule has 0 amide bonds. The maximum absolute atomic E-state index is 13.1. The molecular weight excluding hydrogens is 398 g/mol. The fraction of sp³-hybridized carbons (Fsp3) is 0.333. The van der Waals surface area contributed by atoms with Crippen molar-refractivity contribution in [2.24, 2.45) is 0 Å². The molecule has 7 nitrogen and oxygen atoms in total. The highest BCUT2D eigenvalue weighted by atomic mass is 16.5. The first-order valence-electron chi connectivity index (χ1n) is 10.3. The van der Waals surface area contributed by atoms with Crippen LogP contribution in [0.2, 0.25) is 0 Å². The molecule has 0 saturated heterocycles. The van der Waals surface area contributed by atoms with Crippen molar-refractivity contribution in [2.75, 3.05) is 19.7 Å². The van der Waals surface area contributed by atoms with Crippen molar-refractivity contribution in [1.82, 2.24) is 4.90 Å². The standard InChI is InChI=1S/C24H27NO6/c1-5-25(6-2)14-19-20(26)13-12-18-21(27)22(15(4)30-23(18)19)31-17-10-8-16(9-11-17)24(28)29-7-3/h8-13,26H,5-7,14H2,1-4H3. The normalized spacial score (nSPS) is 11.1. The van der Waals surface area contributed by atoms with Crippen LogP contribution < -0.4 is 10.2 Å². The lowest BCUT2D eigenvalue weighted by atomic mass is 10.1. The Morgan fingerprint density at radius 3 is 2.35 bits per heavy atom. The van der Waals surface area contributed by atoms with E-state index >= 15 is 0 Å². The van der Waals surface area contributed by atoms with Crippen LogP contribution in [0.15, 0.2) is 45.6 Å². The average Bonchev–Trinajstić information content (AvgIpc) is 2.76. The zero-order valence-corrected chi connectivity index (χ0v) is 18.2. The molecule has 7 heteroatoms. The highest BCUT2D eigenvalue weighted by molar-refractivity contribution is 5.89. The first-order valence-corrected chi connectivity index (χ1v) is 10.3. The second kappa shape index (κ2) is 9.66. The van der Waals surface area contributed by atoms with Crippen LogP contribution in [0, 0.1) is 6.92 Å². The summed E-state index contributed by atoms with van der Waals surface area (Å²) in [5.74, 6) is 0.431. The van der Waals surface area contributed by atoms with Crippen LogP contribution >= 0.6 is 0 Å². The summed E-state index contributed by atoms with van der Waals surface area (Å²) in [5, 5.41) is 10.7. The predicted molar refractivity (Wildman–Crippen MR) is 118 cm³/mol. The van der Waals surface area contributed by atoms with Gasteiger partial charge >= 0.3 is 5.97 Å². The average molecular weight is 425 g/mol. The number of esters is 1. The zero-order valence-electron chi connectivity index (χ0n) is 18.2. The van der Waals surface area contributed by atoms with E-state index in [1.807, 2.05) is 13.8 Å². The molecule has 0 saturated carbocycles. The predicted octanol–water partition coefficient (Wildman–Crippen LogP) is 4.62. The number of phenols is 1. The Balaban J connectivity index is 1.98. The van der Waals surface area contributed by atoms with Crippen LogP contribution in [0.3, 0.4) is 0 Å². The summed E-state index contributed by atoms with van der Waals surface area (Å²) in [7, 11) is 0. The van der Waals surface area contributed by atoms with E-state index in [1.165, 1.54) is 6.07 Å². The molecule has 0 unspecified atom stereocenters. The third-order valence-corrected chi connectivity index (χ3v) is 5.12. The lowest BCUT2D eigenvalue weighted by molar-refractivity contribution is 0.0526. The number of hydrogen-bond donors (Lipinski definition) is 1. The molecule has 1 aromatic heterocycles. The minimum absolute atomic E-state index is 0.0656. The van der Waals surface area contributed by atoms with Crippen molar-refractivity contribution in [3.05, 3.63) is 63.5 Å². The van der Waals surface area contributed by atoms with Gasteiger partial charge in [-0.25, -0.2) is 4.79 Å². The number of nitrogens with zero attached hydrogens (tertiary/aromatic N) is 1. The topological polar surface area (TPSA) is 89.2 Å². The van der Waals surface area contributed by atoms with Gasteiger partial charge in [-0.1, -0.05) is 13.8 Å². The molecule has 0 radical (unpaired) electrons. The molecule has 0 spiro atoms. The van der Waals surface area contributed by atoms with Crippen molar-refractivity contribution < 1.29 is 23.8 Å². The number of hydrogen-bond acceptors (Lipinski definition) is 7. The SMILES string of the molecule is CCOC(=O)c1ccc(Oc2c(C)oc3c(CN(CC)CC)c(O)ccc3c2=O)cc1. The molecule has 0 aliphatic rings. The molecule has 0 aliphatic carbocycles. The van der Waals surface area contributed by atoms with Gasteiger partial charge in [0.05, 0.1) is 23.1 Å². The van der Waals surface area contributed by atoms with Crippen LogP contribution in [0.1, 0.15) is 42.5 Å². The number of benzene rings is 2. The summed E-state index contributed by atoms with van der Waals surface area (Å²) in [6, 6.07) is 9.39. The second-order valence-corrected chi connectivity index (χ2v) is 7.06. The quantitative estimate of drug-likeness (QED) is 0.527. The van der Waals surface area contributed by atoms with E-state index in [-0.39, 0.29) is 16.9 Å². The van der Waals surface area contributed by atoms with Gasteiger partial charge in [-0.15, -0.1) is 0 Å². The lowest BCUT2D eigenvalue weighted by Crippen LogP contribution is -2.22. The minimum atomic E-state index is -0.420.